The zero-order valence-corrected chi connectivity index (χ0v) is 13.6. The van der Waals surface area contributed by atoms with Crippen molar-refractivity contribution >= 4 is 39.4 Å². The van der Waals surface area contributed by atoms with Crippen molar-refractivity contribution in [2.75, 3.05) is 13.7 Å². The number of ether oxygens (including phenoxy) is 1. The van der Waals surface area contributed by atoms with E-state index in [1.165, 1.54) is 7.11 Å². The van der Waals surface area contributed by atoms with Crippen LogP contribution >= 0.6 is 27.5 Å². The molecule has 110 valence electrons. The Hall–Kier alpha value is -1.07. The molecule has 0 spiro atoms. The zero-order chi connectivity index (χ0) is 15.0. The van der Waals surface area contributed by atoms with Crippen LogP contribution in [0.25, 0.3) is 0 Å². The number of amides is 1. The number of carbonyl (C=O) groups is 2. The Morgan fingerprint density at radius 3 is 2.70 bits per heavy atom. The maximum absolute atomic E-state index is 11.8. The fourth-order valence-corrected chi connectivity index (χ4v) is 2.04. The number of hydrogen-bond acceptors (Lipinski definition) is 3. The summed E-state index contributed by atoms with van der Waals surface area (Å²) in [6.07, 6.45) is 2.89. The summed E-state index contributed by atoms with van der Waals surface area (Å²) in [5.74, 6) is -0.342. The molecule has 0 fully saturated rings. The highest BCUT2D eigenvalue weighted by Crippen LogP contribution is 2.23. The Balaban J connectivity index is 2.23. The molecule has 0 unspecified atom stereocenters. The summed E-state index contributed by atoms with van der Waals surface area (Å²) >= 11 is 9.21. The second kappa shape index (κ2) is 8.97. The molecule has 0 aromatic heterocycles. The third-order valence-corrected chi connectivity index (χ3v) is 3.99. The molecule has 1 N–H and O–H groups in total. The van der Waals surface area contributed by atoms with Gasteiger partial charge < -0.3 is 10.1 Å². The normalized spacial score (nSPS) is 10.2. The molecule has 0 radical (unpaired) electrons. The van der Waals surface area contributed by atoms with Crippen molar-refractivity contribution in [3.05, 3.63) is 33.3 Å². The number of methoxy groups -OCH3 is 1. The van der Waals surface area contributed by atoms with Crippen LogP contribution in [0.2, 0.25) is 5.02 Å². The van der Waals surface area contributed by atoms with Crippen molar-refractivity contribution in [3.8, 4) is 0 Å². The van der Waals surface area contributed by atoms with E-state index in [2.05, 4.69) is 26.0 Å². The van der Waals surface area contributed by atoms with Gasteiger partial charge in [-0.1, -0.05) is 18.0 Å². The van der Waals surface area contributed by atoms with Crippen LogP contribution in [-0.4, -0.2) is 25.5 Å². The molecule has 0 saturated carbocycles. The molecule has 0 bridgehead atoms. The van der Waals surface area contributed by atoms with E-state index in [1.807, 2.05) is 0 Å². The smallest absolute Gasteiger partial charge is 0.305 e. The van der Waals surface area contributed by atoms with Gasteiger partial charge in [0.05, 0.1) is 12.1 Å². The molecule has 1 aromatic rings. The number of nitrogens with one attached hydrogen (secondary N) is 1. The molecule has 0 saturated heterocycles. The minimum absolute atomic E-state index is 0.146. The Morgan fingerprint density at radius 1 is 1.30 bits per heavy atom. The van der Waals surface area contributed by atoms with E-state index in [0.29, 0.717) is 23.6 Å². The van der Waals surface area contributed by atoms with E-state index < -0.39 is 0 Å². The monoisotopic (exact) mass is 361 g/mol. The summed E-state index contributed by atoms with van der Waals surface area (Å²) in [6.45, 7) is 0.577. The summed E-state index contributed by atoms with van der Waals surface area (Å²) in [5, 5.41) is 3.33. The summed E-state index contributed by atoms with van der Waals surface area (Å²) in [7, 11) is 1.38. The van der Waals surface area contributed by atoms with Crippen molar-refractivity contribution in [3.63, 3.8) is 0 Å². The summed E-state index contributed by atoms with van der Waals surface area (Å²) < 4.78 is 5.31. The summed E-state index contributed by atoms with van der Waals surface area (Å²) in [6, 6.07) is 5.08. The highest BCUT2D eigenvalue weighted by Gasteiger charge is 2.07. The van der Waals surface area contributed by atoms with Gasteiger partial charge in [-0.3, -0.25) is 9.59 Å². The highest BCUT2D eigenvalue weighted by molar-refractivity contribution is 9.10. The van der Waals surface area contributed by atoms with E-state index in [9.17, 15) is 9.59 Å². The molecule has 1 amide bonds. The first-order valence-electron chi connectivity index (χ1n) is 6.34. The first-order valence-corrected chi connectivity index (χ1v) is 7.51. The third kappa shape index (κ3) is 5.92. The number of esters is 1. The van der Waals surface area contributed by atoms with Crippen LogP contribution in [0.5, 0.6) is 0 Å². The SMILES string of the molecule is COC(=O)CCCCCNC(=O)c1ccc(Br)c(Cl)c1. The number of carbonyl (C=O) groups excluding carboxylic acids is 2. The lowest BCUT2D eigenvalue weighted by Crippen LogP contribution is -2.24. The Morgan fingerprint density at radius 2 is 2.05 bits per heavy atom. The molecular formula is C14H17BrClNO3. The summed E-state index contributed by atoms with van der Waals surface area (Å²) in [5.41, 5.74) is 0.535. The van der Waals surface area contributed by atoms with Crippen LogP contribution in [-0.2, 0) is 9.53 Å². The summed E-state index contributed by atoms with van der Waals surface area (Å²) in [4.78, 5) is 22.7. The van der Waals surface area contributed by atoms with Crippen LogP contribution in [0.4, 0.5) is 0 Å². The Bertz CT molecular complexity index is 479. The van der Waals surface area contributed by atoms with Crippen molar-refractivity contribution in [1.29, 1.82) is 0 Å². The minimum Gasteiger partial charge on any atom is -0.469 e. The quantitative estimate of drug-likeness (QED) is 0.596. The van der Waals surface area contributed by atoms with E-state index >= 15 is 0 Å². The van der Waals surface area contributed by atoms with Gasteiger partial charge in [-0.25, -0.2) is 0 Å². The maximum atomic E-state index is 11.8. The standard InChI is InChI=1S/C14H17BrClNO3/c1-20-13(18)5-3-2-4-8-17-14(19)10-6-7-11(15)12(16)9-10/h6-7,9H,2-5,8H2,1H3,(H,17,19). The van der Waals surface area contributed by atoms with Crippen molar-refractivity contribution in [1.82, 2.24) is 5.32 Å². The fraction of sp³-hybridized carbons (Fsp3) is 0.429. The van der Waals surface area contributed by atoms with Gasteiger partial charge in [-0.05, 0) is 47.0 Å². The van der Waals surface area contributed by atoms with Crippen LogP contribution in [0.3, 0.4) is 0 Å². The number of halogens is 2. The van der Waals surface area contributed by atoms with Crippen LogP contribution in [0, 0.1) is 0 Å². The molecule has 1 rings (SSSR count). The Kier molecular flexibility index (Phi) is 7.62. The topological polar surface area (TPSA) is 55.4 Å². The average Bonchev–Trinajstić information content (AvgIpc) is 2.44. The molecule has 0 atom stereocenters. The Labute approximate surface area is 132 Å². The number of benzene rings is 1. The maximum Gasteiger partial charge on any atom is 0.305 e. The molecule has 0 heterocycles. The largest absolute Gasteiger partial charge is 0.469 e. The number of hydrogen-bond donors (Lipinski definition) is 1. The van der Waals surface area contributed by atoms with Crippen molar-refractivity contribution in [2.24, 2.45) is 0 Å². The number of unbranched alkanes of at least 4 members (excludes halogenated alkanes) is 2. The first-order chi connectivity index (χ1) is 9.54. The van der Waals surface area contributed by atoms with Gasteiger partial charge in [0.25, 0.3) is 5.91 Å². The molecule has 6 heteroatoms. The predicted molar refractivity (Wildman–Crippen MR) is 82.0 cm³/mol. The molecule has 0 aliphatic heterocycles. The molecule has 1 aromatic carbocycles. The molecular weight excluding hydrogens is 346 g/mol. The van der Waals surface area contributed by atoms with Gasteiger partial charge in [0, 0.05) is 23.0 Å². The first kappa shape index (κ1) is 17.0. The lowest BCUT2D eigenvalue weighted by Gasteiger charge is -2.06. The van der Waals surface area contributed by atoms with Gasteiger partial charge in [0.1, 0.15) is 0 Å². The number of rotatable bonds is 7. The van der Waals surface area contributed by atoms with Gasteiger partial charge in [0.15, 0.2) is 0 Å². The molecule has 20 heavy (non-hydrogen) atoms. The third-order valence-electron chi connectivity index (χ3n) is 2.75. The van der Waals surface area contributed by atoms with Gasteiger partial charge in [-0.2, -0.15) is 0 Å². The van der Waals surface area contributed by atoms with Crippen LogP contribution < -0.4 is 5.32 Å². The van der Waals surface area contributed by atoms with Gasteiger partial charge in [-0.15, -0.1) is 0 Å². The minimum atomic E-state index is -0.196. The lowest BCUT2D eigenvalue weighted by atomic mass is 10.2. The molecule has 0 aliphatic carbocycles. The van der Waals surface area contributed by atoms with E-state index in [0.717, 1.165) is 23.7 Å². The fourth-order valence-electron chi connectivity index (χ4n) is 1.61. The zero-order valence-electron chi connectivity index (χ0n) is 11.2. The predicted octanol–water partition coefficient (Wildman–Crippen LogP) is 3.57. The van der Waals surface area contributed by atoms with Crippen molar-refractivity contribution < 1.29 is 14.3 Å². The highest BCUT2D eigenvalue weighted by atomic mass is 79.9. The van der Waals surface area contributed by atoms with Crippen LogP contribution in [0.1, 0.15) is 36.0 Å². The average molecular weight is 363 g/mol. The lowest BCUT2D eigenvalue weighted by molar-refractivity contribution is -0.140. The second-order valence-electron chi connectivity index (χ2n) is 4.27. The van der Waals surface area contributed by atoms with Gasteiger partial charge >= 0.3 is 5.97 Å². The second-order valence-corrected chi connectivity index (χ2v) is 5.53. The van der Waals surface area contributed by atoms with E-state index in [1.54, 1.807) is 18.2 Å². The van der Waals surface area contributed by atoms with Gasteiger partial charge in [0.2, 0.25) is 0 Å². The van der Waals surface area contributed by atoms with Crippen LogP contribution in [0.15, 0.2) is 22.7 Å². The van der Waals surface area contributed by atoms with Crippen molar-refractivity contribution in [2.45, 2.75) is 25.7 Å². The van der Waals surface area contributed by atoms with E-state index in [4.69, 9.17) is 11.6 Å². The molecule has 0 aliphatic rings. The van der Waals surface area contributed by atoms with E-state index in [-0.39, 0.29) is 11.9 Å². The molecule has 4 nitrogen and oxygen atoms in total.